The molecule has 0 heterocycles. The SMILES string of the molecule is C[C](=[Zr+2])c1ccccc1.Cc1[c-]c2c(cc1C(C)(C)C)-c1cc(C(C)(C)C)c(C)cc1C2.Cc1cc(C(C)(C)C)c[cH-]1.[Cl-].[Cl-]. The van der Waals surface area contributed by atoms with Crippen molar-refractivity contribution in [2.45, 2.75) is 113 Å². The molecule has 0 spiro atoms. The summed E-state index contributed by atoms with van der Waals surface area (Å²) in [4.78, 5) is 0. The molecule has 0 nitrogen and oxygen atoms in total. The van der Waals surface area contributed by atoms with Gasteiger partial charge in [0.2, 0.25) is 0 Å². The Labute approximate surface area is 297 Å². The molecule has 1 aliphatic carbocycles. The third kappa shape index (κ3) is 10.4. The van der Waals surface area contributed by atoms with Gasteiger partial charge in [-0.25, -0.2) is 6.07 Å². The van der Waals surface area contributed by atoms with Gasteiger partial charge in [0.1, 0.15) is 0 Å². The van der Waals surface area contributed by atoms with Crippen LogP contribution in [0.25, 0.3) is 11.1 Å². The van der Waals surface area contributed by atoms with Gasteiger partial charge in [-0.1, -0.05) is 105 Å². The van der Waals surface area contributed by atoms with Crippen molar-refractivity contribution in [1.29, 1.82) is 0 Å². The largest absolute Gasteiger partial charge is 1.00 e. The van der Waals surface area contributed by atoms with Crippen molar-refractivity contribution in [2.24, 2.45) is 0 Å². The summed E-state index contributed by atoms with van der Waals surface area (Å²) in [6.07, 6.45) is 1.03. The molecule has 0 atom stereocenters. The minimum Gasteiger partial charge on any atom is -1.00 e. The second-order valence-corrected chi connectivity index (χ2v) is 17.0. The molecule has 0 radical (unpaired) electrons. The molecular weight excluding hydrogens is 655 g/mol. The molecule has 0 aliphatic heterocycles. The van der Waals surface area contributed by atoms with Gasteiger partial charge in [0.25, 0.3) is 0 Å². The summed E-state index contributed by atoms with van der Waals surface area (Å²) in [5, 5.41) is 0. The Kier molecular flexibility index (Phi) is 14.5. The first kappa shape index (κ1) is 40.4. The maximum atomic E-state index is 3.69. The smallest absolute Gasteiger partial charge is 0.0129 e. The van der Waals surface area contributed by atoms with Crippen molar-refractivity contribution in [3.8, 4) is 11.1 Å². The summed E-state index contributed by atoms with van der Waals surface area (Å²) in [6, 6.07) is 28.0. The van der Waals surface area contributed by atoms with Gasteiger partial charge in [0.05, 0.1) is 0 Å². The molecule has 0 unspecified atom stereocenters. The molecule has 5 rings (SSSR count). The molecule has 236 valence electrons. The zero-order chi connectivity index (χ0) is 31.6. The van der Waals surface area contributed by atoms with Crippen LogP contribution in [0.3, 0.4) is 0 Å². The monoisotopic (exact) mass is 704 g/mol. The molecule has 0 aromatic heterocycles. The van der Waals surface area contributed by atoms with Crippen LogP contribution in [0.4, 0.5) is 0 Å². The molecule has 0 saturated heterocycles. The Hall–Kier alpha value is -1.66. The Morgan fingerprint density at radius 2 is 1.27 bits per heavy atom. The third-order valence-corrected chi connectivity index (χ3v) is 8.77. The molecule has 4 aromatic carbocycles. The van der Waals surface area contributed by atoms with Gasteiger partial charge in [-0.05, 0) is 35.4 Å². The van der Waals surface area contributed by atoms with E-state index < -0.39 is 0 Å². The summed E-state index contributed by atoms with van der Waals surface area (Å²) >= 11 is 1.51. The molecule has 0 bridgehead atoms. The summed E-state index contributed by atoms with van der Waals surface area (Å²) in [7, 11) is 0. The van der Waals surface area contributed by atoms with Crippen LogP contribution >= 0.6 is 0 Å². The Morgan fingerprint density at radius 1 is 0.727 bits per heavy atom. The average molecular weight is 707 g/mol. The van der Waals surface area contributed by atoms with Crippen molar-refractivity contribution in [3.05, 3.63) is 123 Å². The number of rotatable bonds is 1. The minimum absolute atomic E-state index is 0. The number of benzene rings is 3. The fraction of sp³-hybridized carbons (Fsp3) is 0.415. The molecule has 0 amide bonds. The van der Waals surface area contributed by atoms with Gasteiger partial charge in [-0.15, -0.1) is 16.7 Å². The number of fused-ring (bicyclic) bond motifs is 3. The molecule has 0 saturated carbocycles. The first-order valence-corrected chi connectivity index (χ1v) is 16.6. The molecule has 3 heteroatoms. The van der Waals surface area contributed by atoms with Crippen molar-refractivity contribution < 1.29 is 49.0 Å². The third-order valence-electron chi connectivity index (χ3n) is 8.06. The summed E-state index contributed by atoms with van der Waals surface area (Å²) in [6.45, 7) is 29.3. The minimum atomic E-state index is 0. The second-order valence-electron chi connectivity index (χ2n) is 15.1. The van der Waals surface area contributed by atoms with E-state index in [2.05, 4.69) is 157 Å². The number of hydrogen-bond donors (Lipinski definition) is 0. The molecule has 4 aromatic rings. The molecule has 0 fully saturated rings. The maximum Gasteiger partial charge on any atom is -0.0129 e. The van der Waals surface area contributed by atoms with Crippen LogP contribution in [-0.4, -0.2) is 3.21 Å². The summed E-state index contributed by atoms with van der Waals surface area (Å²) < 4.78 is 1.46. The van der Waals surface area contributed by atoms with Gasteiger partial charge in [-0.3, -0.25) is 0 Å². The van der Waals surface area contributed by atoms with Crippen LogP contribution in [0.5, 0.6) is 0 Å². The number of aryl methyl sites for hydroxylation is 3. The van der Waals surface area contributed by atoms with E-state index in [1.54, 1.807) is 0 Å². The first-order chi connectivity index (χ1) is 19.3. The van der Waals surface area contributed by atoms with Crippen molar-refractivity contribution >= 4 is 3.21 Å². The zero-order valence-corrected chi connectivity index (χ0v) is 33.3. The van der Waals surface area contributed by atoms with E-state index in [0.717, 1.165) is 6.42 Å². The predicted molar refractivity (Wildman–Crippen MR) is 182 cm³/mol. The van der Waals surface area contributed by atoms with E-state index in [0.29, 0.717) is 5.41 Å². The molecule has 1 aliphatic rings. The van der Waals surface area contributed by atoms with Gasteiger partial charge in [0, 0.05) is 0 Å². The second kappa shape index (κ2) is 15.8. The van der Waals surface area contributed by atoms with Crippen LogP contribution < -0.4 is 24.8 Å². The topological polar surface area (TPSA) is 0 Å². The fourth-order valence-corrected chi connectivity index (χ4v) is 6.15. The maximum absolute atomic E-state index is 3.69. The zero-order valence-electron chi connectivity index (χ0n) is 29.3. The average Bonchev–Trinajstić information content (AvgIpc) is 3.45. The Morgan fingerprint density at radius 3 is 1.68 bits per heavy atom. The van der Waals surface area contributed by atoms with Crippen LogP contribution in [0.1, 0.15) is 119 Å². The van der Waals surface area contributed by atoms with Crippen molar-refractivity contribution in [2.75, 3.05) is 0 Å². The van der Waals surface area contributed by atoms with Gasteiger partial charge in [0.15, 0.2) is 0 Å². The van der Waals surface area contributed by atoms with E-state index >= 15 is 0 Å². The summed E-state index contributed by atoms with van der Waals surface area (Å²) in [5.74, 6) is 0. The van der Waals surface area contributed by atoms with E-state index in [1.165, 1.54) is 88.6 Å². The van der Waals surface area contributed by atoms with Crippen LogP contribution in [0.2, 0.25) is 0 Å². The quantitative estimate of drug-likeness (QED) is 0.214. The van der Waals surface area contributed by atoms with E-state index in [9.17, 15) is 0 Å². The van der Waals surface area contributed by atoms with E-state index in [-0.39, 0.29) is 35.6 Å². The van der Waals surface area contributed by atoms with E-state index in [1.807, 2.05) is 6.07 Å². The van der Waals surface area contributed by atoms with Crippen LogP contribution in [0, 0.1) is 26.8 Å². The molecular formula is C41H52Cl2Zr-2. The molecule has 44 heavy (non-hydrogen) atoms. The first-order valence-electron chi connectivity index (χ1n) is 15.3. The summed E-state index contributed by atoms with van der Waals surface area (Å²) in [5.41, 5.74) is 16.1. The number of hydrogen-bond acceptors (Lipinski definition) is 0. The standard InChI is InChI=1S/C23H29.C10H15.C8H8.2ClH.Zr/c1-14-9-16-11-17-10-15(2)21(23(6,7)8)13-19(17)18(16)12-20(14)22(3,4)5;1-8-5-6-9(7-8)10(2,3)4;1-2-8-6-4-3-5-7-8;;;/h9,12-13H,11H2,1-8H3;5-7H,1-4H3;3-7H,1H3;2*1H;/q2*-1;;;;+2/p-2. The van der Waals surface area contributed by atoms with Crippen molar-refractivity contribution in [3.63, 3.8) is 0 Å². The van der Waals surface area contributed by atoms with Gasteiger partial charge in [-0.2, -0.15) is 41.0 Å². The van der Waals surface area contributed by atoms with Crippen molar-refractivity contribution in [1.82, 2.24) is 0 Å². The van der Waals surface area contributed by atoms with Crippen LogP contribution in [-0.2, 0) is 46.9 Å². The van der Waals surface area contributed by atoms with Crippen LogP contribution in [0.15, 0.2) is 66.7 Å². The Balaban J connectivity index is 0.000000383. The van der Waals surface area contributed by atoms with Gasteiger partial charge < -0.3 is 24.8 Å². The predicted octanol–water partition coefficient (Wildman–Crippen LogP) is 5.06. The van der Waals surface area contributed by atoms with Gasteiger partial charge >= 0.3 is 70.3 Å². The Bertz CT molecular complexity index is 1470. The van der Waals surface area contributed by atoms with E-state index in [4.69, 9.17) is 0 Å². The normalized spacial score (nSPS) is 11.9. The molecule has 0 N–H and O–H groups in total. The number of halogens is 2. The fourth-order valence-electron chi connectivity index (χ4n) is 5.74.